The molecule has 56 valence electrons. The first-order valence-corrected chi connectivity index (χ1v) is 2.91. The van der Waals surface area contributed by atoms with E-state index in [9.17, 15) is 4.79 Å². The smallest absolute Gasteiger partial charge is 0.213 e. The van der Waals surface area contributed by atoms with E-state index in [1.54, 1.807) is 14.0 Å². The lowest BCUT2D eigenvalue weighted by Gasteiger charge is -1.99. The van der Waals surface area contributed by atoms with Crippen LogP contribution in [0.3, 0.4) is 0 Å². The summed E-state index contributed by atoms with van der Waals surface area (Å²) in [5, 5.41) is 8.83. The number of aliphatic hydroxyl groups is 1. The monoisotopic (exact) mass is 141 g/mol. The summed E-state index contributed by atoms with van der Waals surface area (Å²) in [5.74, 6) is 0.147. The Morgan fingerprint density at radius 3 is 2.60 bits per heavy atom. The van der Waals surface area contributed by atoms with Crippen LogP contribution in [0.15, 0.2) is 24.1 Å². The maximum absolute atomic E-state index is 9.98. The summed E-state index contributed by atoms with van der Waals surface area (Å²) in [5.41, 5.74) is 0. The van der Waals surface area contributed by atoms with Gasteiger partial charge in [0, 0.05) is 13.2 Å². The van der Waals surface area contributed by atoms with Crippen molar-refractivity contribution in [1.82, 2.24) is 4.90 Å². The zero-order chi connectivity index (χ0) is 7.98. The van der Waals surface area contributed by atoms with Crippen LogP contribution in [0.5, 0.6) is 0 Å². The molecule has 0 rings (SSSR count). The third-order valence-electron chi connectivity index (χ3n) is 0.942. The average Bonchev–Trinajstić information content (AvgIpc) is 1.99. The largest absolute Gasteiger partial charge is 0.508 e. The quantitative estimate of drug-likeness (QED) is 0.362. The van der Waals surface area contributed by atoms with Crippen molar-refractivity contribution in [2.24, 2.45) is 0 Å². The summed E-state index contributed by atoms with van der Waals surface area (Å²) >= 11 is 0. The van der Waals surface area contributed by atoms with Crippen LogP contribution in [0.2, 0.25) is 0 Å². The predicted octanol–water partition coefficient (Wildman–Crippen LogP) is 1.05. The molecule has 0 aliphatic carbocycles. The van der Waals surface area contributed by atoms with Crippen molar-refractivity contribution >= 4 is 6.41 Å². The van der Waals surface area contributed by atoms with Crippen LogP contribution in [0.25, 0.3) is 0 Å². The maximum Gasteiger partial charge on any atom is 0.213 e. The fourth-order valence-corrected chi connectivity index (χ4v) is 0.325. The number of aliphatic hydroxyl groups excluding tert-OH is 1. The number of carbonyl (C=O) groups excluding carboxylic acids is 1. The highest BCUT2D eigenvalue weighted by atomic mass is 16.3. The number of nitrogens with zero attached hydrogens (tertiary/aromatic N) is 1. The highest BCUT2D eigenvalue weighted by molar-refractivity contribution is 5.48. The number of rotatable bonds is 3. The van der Waals surface area contributed by atoms with Gasteiger partial charge in [0.25, 0.3) is 0 Å². The van der Waals surface area contributed by atoms with Crippen molar-refractivity contribution in [3.05, 3.63) is 24.1 Å². The Morgan fingerprint density at radius 1 is 1.60 bits per heavy atom. The van der Waals surface area contributed by atoms with Gasteiger partial charge in [0.05, 0.1) is 0 Å². The molecule has 0 spiro atoms. The molecule has 0 aliphatic heterocycles. The summed E-state index contributed by atoms with van der Waals surface area (Å²) in [4.78, 5) is 11.3. The standard InChI is InChI=1S/C7H11NO2/c1-3-7(10)4-5-8(2)6-9/h3-6,10H,1-2H3/b5-4-,7-3+. The lowest BCUT2D eigenvalue weighted by atomic mass is 10.4. The number of hydrogen-bond donors (Lipinski definition) is 1. The Balaban J connectivity index is 3.86. The molecule has 0 atom stereocenters. The molecule has 0 saturated heterocycles. The Bertz CT molecular complexity index is 161. The highest BCUT2D eigenvalue weighted by Gasteiger charge is 1.83. The lowest BCUT2D eigenvalue weighted by Crippen LogP contribution is -2.05. The lowest BCUT2D eigenvalue weighted by molar-refractivity contribution is -0.114. The molecule has 0 radical (unpaired) electrons. The van der Waals surface area contributed by atoms with Gasteiger partial charge in [0.1, 0.15) is 5.76 Å². The second-order valence-corrected chi connectivity index (χ2v) is 1.80. The van der Waals surface area contributed by atoms with Crippen molar-refractivity contribution in [3.8, 4) is 0 Å². The van der Waals surface area contributed by atoms with Crippen molar-refractivity contribution < 1.29 is 9.90 Å². The third kappa shape index (κ3) is 3.72. The van der Waals surface area contributed by atoms with Gasteiger partial charge >= 0.3 is 0 Å². The van der Waals surface area contributed by atoms with E-state index in [1.807, 2.05) is 0 Å². The number of amides is 1. The normalized spacial score (nSPS) is 12.0. The van der Waals surface area contributed by atoms with Gasteiger partial charge in [-0.2, -0.15) is 0 Å². The topological polar surface area (TPSA) is 40.5 Å². The Hall–Kier alpha value is -1.25. The molecule has 0 aromatic carbocycles. The summed E-state index contributed by atoms with van der Waals surface area (Å²) < 4.78 is 0. The zero-order valence-corrected chi connectivity index (χ0v) is 6.11. The van der Waals surface area contributed by atoms with E-state index in [4.69, 9.17) is 5.11 Å². The SMILES string of the molecule is C/C=C(O)\C=C/N(C)C=O. The first-order valence-electron chi connectivity index (χ1n) is 2.91. The Kier molecular flexibility index (Phi) is 4.04. The van der Waals surface area contributed by atoms with Crippen LogP contribution >= 0.6 is 0 Å². The third-order valence-corrected chi connectivity index (χ3v) is 0.942. The van der Waals surface area contributed by atoms with Gasteiger partial charge in [-0.1, -0.05) is 0 Å². The zero-order valence-electron chi connectivity index (χ0n) is 6.11. The minimum atomic E-state index is 0.147. The summed E-state index contributed by atoms with van der Waals surface area (Å²) in [7, 11) is 1.59. The number of allylic oxidation sites excluding steroid dienone is 2. The highest BCUT2D eigenvalue weighted by Crippen LogP contribution is 1.89. The molecule has 0 saturated carbocycles. The molecule has 0 aliphatic rings. The van der Waals surface area contributed by atoms with E-state index >= 15 is 0 Å². The summed E-state index contributed by atoms with van der Waals surface area (Å²) in [6.45, 7) is 1.71. The van der Waals surface area contributed by atoms with Crippen LogP contribution in [-0.2, 0) is 4.79 Å². The van der Waals surface area contributed by atoms with Gasteiger partial charge in [-0.05, 0) is 19.1 Å². The summed E-state index contributed by atoms with van der Waals surface area (Å²) in [6, 6.07) is 0. The van der Waals surface area contributed by atoms with Crippen LogP contribution in [-0.4, -0.2) is 23.5 Å². The Morgan fingerprint density at radius 2 is 2.20 bits per heavy atom. The van der Waals surface area contributed by atoms with Crippen molar-refractivity contribution in [1.29, 1.82) is 0 Å². The number of hydrogen-bond acceptors (Lipinski definition) is 2. The maximum atomic E-state index is 9.98. The van der Waals surface area contributed by atoms with Gasteiger partial charge in [0.2, 0.25) is 6.41 Å². The second kappa shape index (κ2) is 4.61. The molecule has 0 heterocycles. The van der Waals surface area contributed by atoms with Gasteiger partial charge in [0.15, 0.2) is 0 Å². The van der Waals surface area contributed by atoms with Gasteiger partial charge < -0.3 is 10.0 Å². The fourth-order valence-electron chi connectivity index (χ4n) is 0.325. The molecule has 1 amide bonds. The number of carbonyl (C=O) groups is 1. The average molecular weight is 141 g/mol. The van der Waals surface area contributed by atoms with Crippen molar-refractivity contribution in [2.45, 2.75) is 6.92 Å². The van der Waals surface area contributed by atoms with E-state index < -0.39 is 0 Å². The molecule has 0 fully saturated rings. The first kappa shape index (κ1) is 8.75. The van der Waals surface area contributed by atoms with E-state index in [1.165, 1.54) is 23.3 Å². The van der Waals surface area contributed by atoms with Crippen LogP contribution in [0, 0.1) is 0 Å². The molecule has 3 nitrogen and oxygen atoms in total. The minimum absolute atomic E-state index is 0.147. The molecular weight excluding hydrogens is 130 g/mol. The van der Waals surface area contributed by atoms with E-state index in [2.05, 4.69) is 0 Å². The molecule has 0 aromatic heterocycles. The molecule has 1 N–H and O–H groups in total. The minimum Gasteiger partial charge on any atom is -0.508 e. The van der Waals surface area contributed by atoms with Gasteiger partial charge in [-0.15, -0.1) is 0 Å². The van der Waals surface area contributed by atoms with E-state index in [0.29, 0.717) is 6.41 Å². The second-order valence-electron chi connectivity index (χ2n) is 1.80. The molecule has 0 bridgehead atoms. The first-order chi connectivity index (χ1) is 4.70. The van der Waals surface area contributed by atoms with Crippen molar-refractivity contribution in [3.63, 3.8) is 0 Å². The van der Waals surface area contributed by atoms with Crippen LogP contribution in [0.4, 0.5) is 0 Å². The molecular formula is C7H11NO2. The molecule has 10 heavy (non-hydrogen) atoms. The van der Waals surface area contributed by atoms with Crippen molar-refractivity contribution in [2.75, 3.05) is 7.05 Å². The van der Waals surface area contributed by atoms with Crippen LogP contribution in [0.1, 0.15) is 6.92 Å². The molecule has 3 heteroatoms. The van der Waals surface area contributed by atoms with E-state index in [-0.39, 0.29) is 5.76 Å². The predicted molar refractivity (Wildman–Crippen MR) is 39.4 cm³/mol. The molecule has 0 aromatic rings. The van der Waals surface area contributed by atoms with Crippen LogP contribution < -0.4 is 0 Å². The molecule has 0 unspecified atom stereocenters. The fraction of sp³-hybridized carbons (Fsp3) is 0.286. The van der Waals surface area contributed by atoms with E-state index in [0.717, 1.165) is 0 Å². The summed E-state index contributed by atoms with van der Waals surface area (Å²) in [6.07, 6.45) is 5.10. The van der Waals surface area contributed by atoms with Gasteiger partial charge in [-0.25, -0.2) is 0 Å². The van der Waals surface area contributed by atoms with Gasteiger partial charge in [-0.3, -0.25) is 4.79 Å². The Labute approximate surface area is 60.3 Å².